The Kier molecular flexibility index (Phi) is 4.48. The van der Waals surface area contributed by atoms with E-state index in [0.29, 0.717) is 37.3 Å². The normalized spacial score (nSPS) is 25.5. The van der Waals surface area contributed by atoms with Gasteiger partial charge in [0.25, 0.3) is 0 Å². The smallest absolute Gasteiger partial charge is 0.247 e. The molecule has 0 radical (unpaired) electrons. The van der Waals surface area contributed by atoms with Crippen LogP contribution in [0.3, 0.4) is 0 Å². The van der Waals surface area contributed by atoms with Gasteiger partial charge in [0.1, 0.15) is 10.4 Å². The van der Waals surface area contributed by atoms with Gasteiger partial charge >= 0.3 is 0 Å². The predicted octanol–water partition coefficient (Wildman–Crippen LogP) is 1.59. The van der Waals surface area contributed by atoms with Crippen LogP contribution in [0.15, 0.2) is 4.90 Å². The molecular weight excluding hydrogens is 340 g/mol. The highest BCUT2D eigenvalue weighted by atomic mass is 32.2. The predicted molar refractivity (Wildman–Crippen MR) is 94.6 cm³/mol. The highest BCUT2D eigenvalue weighted by molar-refractivity contribution is 7.89. The van der Waals surface area contributed by atoms with E-state index >= 15 is 0 Å². The molecule has 1 unspecified atom stereocenters. The number of hydrogen-bond acceptors (Lipinski definition) is 4. The Hall–Kier alpha value is -1.41. The lowest BCUT2D eigenvalue weighted by atomic mass is 9.86. The third-order valence-electron chi connectivity index (χ3n) is 5.69. The second-order valence-electron chi connectivity index (χ2n) is 7.53. The Morgan fingerprint density at radius 2 is 1.72 bits per heavy atom. The maximum absolute atomic E-state index is 13.5. The zero-order chi connectivity index (χ0) is 18.6. The summed E-state index contributed by atoms with van der Waals surface area (Å²) in [5.74, 6) is -0.0333. The summed E-state index contributed by atoms with van der Waals surface area (Å²) >= 11 is 0. The van der Waals surface area contributed by atoms with Crippen LogP contribution in [0, 0.1) is 13.8 Å². The van der Waals surface area contributed by atoms with E-state index in [1.54, 1.807) is 25.6 Å². The number of sulfonamides is 1. The number of carbonyl (C=O) groups excluding carboxylic acids is 1. The second-order valence-corrected chi connectivity index (χ2v) is 9.33. The first-order valence-corrected chi connectivity index (χ1v) is 10.4. The van der Waals surface area contributed by atoms with Crippen molar-refractivity contribution in [2.75, 3.05) is 13.1 Å². The van der Waals surface area contributed by atoms with Gasteiger partial charge in [-0.25, -0.2) is 8.42 Å². The molecule has 2 aliphatic heterocycles. The molecule has 0 bridgehead atoms. The van der Waals surface area contributed by atoms with Crippen molar-refractivity contribution in [3.8, 4) is 0 Å². The summed E-state index contributed by atoms with van der Waals surface area (Å²) in [5, 5.41) is 4.26. The third-order valence-corrected chi connectivity index (χ3v) is 7.91. The van der Waals surface area contributed by atoms with Gasteiger partial charge in [0, 0.05) is 26.2 Å². The fraction of sp³-hybridized carbons (Fsp3) is 0.765. The van der Waals surface area contributed by atoms with Crippen molar-refractivity contribution in [2.45, 2.75) is 69.9 Å². The molecule has 0 aliphatic carbocycles. The van der Waals surface area contributed by atoms with Gasteiger partial charge in [0.15, 0.2) is 0 Å². The largest absolute Gasteiger partial charge is 0.339 e. The summed E-state index contributed by atoms with van der Waals surface area (Å²) in [7, 11) is -2.02. The fourth-order valence-electron chi connectivity index (χ4n) is 4.42. The van der Waals surface area contributed by atoms with E-state index in [2.05, 4.69) is 5.10 Å². The Balaban J connectivity index is 2.08. The Labute approximate surface area is 150 Å². The van der Waals surface area contributed by atoms with Crippen molar-refractivity contribution in [1.29, 1.82) is 0 Å². The van der Waals surface area contributed by atoms with E-state index in [4.69, 9.17) is 0 Å². The molecule has 0 saturated carbocycles. The van der Waals surface area contributed by atoms with Crippen molar-refractivity contribution in [3.05, 3.63) is 11.4 Å². The molecule has 8 heteroatoms. The highest BCUT2D eigenvalue weighted by Crippen LogP contribution is 2.42. The standard InChI is InChI=1S/C17H28N4O3S/c1-12(2)20-10-6-8-17(16(20)22)9-7-11-21(17)25(23,24)15-13(3)18-19(5)14(15)4/h12H,6-11H2,1-5H3. The molecule has 7 nitrogen and oxygen atoms in total. The lowest BCUT2D eigenvalue weighted by Crippen LogP contribution is -2.62. The number of rotatable bonds is 3. The molecule has 3 rings (SSSR count). The number of carbonyl (C=O) groups is 1. The van der Waals surface area contributed by atoms with Gasteiger partial charge in [-0.3, -0.25) is 9.48 Å². The van der Waals surface area contributed by atoms with Crippen molar-refractivity contribution in [1.82, 2.24) is 19.0 Å². The minimum absolute atomic E-state index is 0.0333. The number of aryl methyl sites for hydroxylation is 2. The van der Waals surface area contributed by atoms with Gasteiger partial charge in [0.2, 0.25) is 15.9 Å². The van der Waals surface area contributed by atoms with E-state index in [0.717, 1.165) is 12.8 Å². The molecule has 2 aliphatic rings. The van der Waals surface area contributed by atoms with Crippen LogP contribution >= 0.6 is 0 Å². The average molecular weight is 369 g/mol. The lowest BCUT2D eigenvalue weighted by Gasteiger charge is -2.45. The number of aromatic nitrogens is 2. The summed E-state index contributed by atoms with van der Waals surface area (Å²) in [6.45, 7) is 8.55. The Bertz CT molecular complexity index is 799. The number of amides is 1. The number of likely N-dealkylation sites (tertiary alicyclic amines) is 1. The maximum Gasteiger partial charge on any atom is 0.247 e. The van der Waals surface area contributed by atoms with Gasteiger partial charge in [-0.15, -0.1) is 0 Å². The van der Waals surface area contributed by atoms with Gasteiger partial charge < -0.3 is 4.90 Å². The van der Waals surface area contributed by atoms with Crippen LogP contribution in [0.5, 0.6) is 0 Å². The fourth-order valence-corrected chi connectivity index (χ4v) is 6.65. The SMILES string of the molecule is Cc1nn(C)c(C)c1S(=O)(=O)N1CCCC12CCCN(C(C)C)C2=O. The molecule has 25 heavy (non-hydrogen) atoms. The summed E-state index contributed by atoms with van der Waals surface area (Å²) in [4.78, 5) is 15.3. The molecular formula is C17H28N4O3S. The van der Waals surface area contributed by atoms with E-state index in [-0.39, 0.29) is 16.8 Å². The minimum atomic E-state index is -3.77. The molecule has 1 atom stereocenters. The molecule has 2 fully saturated rings. The first kappa shape index (κ1) is 18.4. The van der Waals surface area contributed by atoms with Crippen molar-refractivity contribution < 1.29 is 13.2 Å². The summed E-state index contributed by atoms with van der Waals surface area (Å²) in [6.07, 6.45) is 2.76. The monoisotopic (exact) mass is 368 g/mol. The lowest BCUT2D eigenvalue weighted by molar-refractivity contribution is -0.146. The number of nitrogens with zero attached hydrogens (tertiary/aromatic N) is 4. The summed E-state index contributed by atoms with van der Waals surface area (Å²) in [5.41, 5.74) is 0.186. The van der Waals surface area contributed by atoms with E-state index < -0.39 is 15.6 Å². The summed E-state index contributed by atoms with van der Waals surface area (Å²) < 4.78 is 30.0. The minimum Gasteiger partial charge on any atom is -0.339 e. The number of piperidine rings is 1. The number of hydrogen-bond donors (Lipinski definition) is 0. The average Bonchev–Trinajstić information content (AvgIpc) is 3.05. The molecule has 1 aromatic heterocycles. The first-order chi connectivity index (χ1) is 11.6. The van der Waals surface area contributed by atoms with Crippen LogP contribution < -0.4 is 0 Å². The Morgan fingerprint density at radius 1 is 1.12 bits per heavy atom. The molecule has 3 heterocycles. The van der Waals surface area contributed by atoms with Crippen LogP contribution in [0.4, 0.5) is 0 Å². The quantitative estimate of drug-likeness (QED) is 0.812. The summed E-state index contributed by atoms with van der Waals surface area (Å²) in [6, 6.07) is 0.0803. The molecule has 1 amide bonds. The highest BCUT2D eigenvalue weighted by Gasteiger charge is 2.56. The van der Waals surface area contributed by atoms with E-state index in [9.17, 15) is 13.2 Å². The van der Waals surface area contributed by atoms with Crippen LogP contribution in [-0.2, 0) is 21.9 Å². The zero-order valence-electron chi connectivity index (χ0n) is 15.7. The van der Waals surface area contributed by atoms with Gasteiger partial charge in [-0.1, -0.05) is 0 Å². The Morgan fingerprint density at radius 3 is 2.24 bits per heavy atom. The van der Waals surface area contributed by atoms with Crippen LogP contribution in [0.1, 0.15) is 50.9 Å². The van der Waals surface area contributed by atoms with E-state index in [1.165, 1.54) is 4.31 Å². The van der Waals surface area contributed by atoms with Crippen molar-refractivity contribution in [3.63, 3.8) is 0 Å². The molecule has 0 N–H and O–H groups in total. The van der Waals surface area contributed by atoms with Crippen LogP contribution in [-0.4, -0.2) is 58.0 Å². The topological polar surface area (TPSA) is 75.5 Å². The van der Waals surface area contributed by atoms with E-state index in [1.807, 2.05) is 18.7 Å². The van der Waals surface area contributed by atoms with Gasteiger partial charge in [-0.2, -0.15) is 9.40 Å². The zero-order valence-corrected chi connectivity index (χ0v) is 16.6. The first-order valence-electron chi connectivity index (χ1n) is 8.97. The second kappa shape index (κ2) is 6.09. The molecule has 140 valence electrons. The van der Waals surface area contributed by atoms with Crippen LogP contribution in [0.2, 0.25) is 0 Å². The van der Waals surface area contributed by atoms with Crippen molar-refractivity contribution in [2.24, 2.45) is 7.05 Å². The molecule has 2 saturated heterocycles. The molecule has 1 aromatic rings. The molecule has 1 spiro atoms. The van der Waals surface area contributed by atoms with Crippen molar-refractivity contribution >= 4 is 15.9 Å². The maximum atomic E-state index is 13.5. The van der Waals surface area contributed by atoms with Crippen LogP contribution in [0.25, 0.3) is 0 Å². The van der Waals surface area contributed by atoms with Gasteiger partial charge in [-0.05, 0) is 53.4 Å². The third kappa shape index (κ3) is 2.61. The molecule has 0 aromatic carbocycles. The van der Waals surface area contributed by atoms with Gasteiger partial charge in [0.05, 0.1) is 11.4 Å².